The van der Waals surface area contributed by atoms with Gasteiger partial charge in [-0.2, -0.15) is 0 Å². The van der Waals surface area contributed by atoms with Crippen molar-refractivity contribution in [3.8, 4) is 11.5 Å². The fourth-order valence-corrected chi connectivity index (χ4v) is 3.77. The van der Waals surface area contributed by atoms with Crippen LogP contribution in [0.3, 0.4) is 0 Å². The van der Waals surface area contributed by atoms with E-state index in [9.17, 15) is 4.79 Å². The van der Waals surface area contributed by atoms with Crippen molar-refractivity contribution in [2.45, 2.75) is 25.5 Å². The number of benzene rings is 2. The summed E-state index contributed by atoms with van der Waals surface area (Å²) in [5.41, 5.74) is 2.49. The monoisotopic (exact) mass is 352 g/mol. The highest BCUT2D eigenvalue weighted by Gasteiger charge is 2.31. The van der Waals surface area contributed by atoms with Crippen molar-refractivity contribution in [3.05, 3.63) is 54.1 Å². The van der Waals surface area contributed by atoms with Crippen molar-refractivity contribution in [1.29, 1.82) is 0 Å². The average Bonchev–Trinajstić information content (AvgIpc) is 3.11. The molecule has 0 N–H and O–H groups in total. The van der Waals surface area contributed by atoms with Crippen molar-refractivity contribution < 1.29 is 14.3 Å². The molecular weight excluding hydrogens is 328 g/mol. The maximum absolute atomic E-state index is 12.9. The van der Waals surface area contributed by atoms with Gasteiger partial charge in [0, 0.05) is 19.3 Å². The van der Waals surface area contributed by atoms with Crippen LogP contribution in [-0.4, -0.2) is 49.7 Å². The summed E-state index contributed by atoms with van der Waals surface area (Å²) in [6.45, 7) is 3.83. The van der Waals surface area contributed by atoms with E-state index in [1.165, 1.54) is 11.3 Å². The predicted octanol–water partition coefficient (Wildman–Crippen LogP) is 2.74. The first-order valence-electron chi connectivity index (χ1n) is 9.11. The highest BCUT2D eigenvalue weighted by Crippen LogP contribution is 2.32. The van der Waals surface area contributed by atoms with Crippen LogP contribution in [0.15, 0.2) is 48.5 Å². The van der Waals surface area contributed by atoms with E-state index in [4.69, 9.17) is 9.47 Å². The second kappa shape index (κ2) is 6.90. The minimum Gasteiger partial charge on any atom is -0.486 e. The van der Waals surface area contributed by atoms with E-state index in [0.29, 0.717) is 13.2 Å². The Balaban J connectivity index is 1.39. The van der Waals surface area contributed by atoms with Gasteiger partial charge in [0.15, 0.2) is 17.6 Å². The molecule has 2 atom stereocenters. The van der Waals surface area contributed by atoms with E-state index in [1.807, 2.05) is 44.3 Å². The predicted molar refractivity (Wildman–Crippen MR) is 101 cm³/mol. The second-order valence-electron chi connectivity index (χ2n) is 6.96. The van der Waals surface area contributed by atoms with Crippen LogP contribution in [-0.2, 0) is 11.2 Å². The SMILES string of the molecule is CC(C(=O)N(C)CC1COc2ccccc2O1)N1CCc2ccccc21. The Hall–Kier alpha value is -2.69. The summed E-state index contributed by atoms with van der Waals surface area (Å²) in [6, 6.07) is 15.8. The highest BCUT2D eigenvalue weighted by atomic mass is 16.6. The van der Waals surface area contributed by atoms with Gasteiger partial charge in [-0.1, -0.05) is 30.3 Å². The molecule has 2 aliphatic rings. The Bertz CT molecular complexity index is 807. The van der Waals surface area contributed by atoms with Crippen molar-refractivity contribution in [1.82, 2.24) is 4.90 Å². The molecule has 2 aromatic carbocycles. The van der Waals surface area contributed by atoms with E-state index in [1.54, 1.807) is 4.90 Å². The molecule has 0 saturated carbocycles. The Morgan fingerprint density at radius 1 is 1.19 bits per heavy atom. The molecule has 0 aliphatic carbocycles. The lowest BCUT2D eigenvalue weighted by atomic mass is 10.1. The van der Waals surface area contributed by atoms with Crippen LogP contribution in [0.2, 0.25) is 0 Å². The minimum atomic E-state index is -0.194. The van der Waals surface area contributed by atoms with Gasteiger partial charge in [0.1, 0.15) is 12.6 Å². The second-order valence-corrected chi connectivity index (χ2v) is 6.96. The van der Waals surface area contributed by atoms with Crippen molar-refractivity contribution in [2.24, 2.45) is 0 Å². The number of rotatable bonds is 4. The maximum atomic E-state index is 12.9. The zero-order chi connectivity index (χ0) is 18.1. The normalized spacial score (nSPS) is 19.0. The summed E-state index contributed by atoms with van der Waals surface area (Å²) in [5.74, 6) is 1.61. The lowest BCUT2D eigenvalue weighted by Gasteiger charge is -2.33. The molecule has 2 aromatic rings. The van der Waals surface area contributed by atoms with Crippen LogP contribution in [0.25, 0.3) is 0 Å². The van der Waals surface area contributed by atoms with E-state index >= 15 is 0 Å². The summed E-state index contributed by atoms with van der Waals surface area (Å²) >= 11 is 0. The Morgan fingerprint density at radius 2 is 1.92 bits per heavy atom. The van der Waals surface area contributed by atoms with Gasteiger partial charge in [0.25, 0.3) is 0 Å². The number of hydrogen-bond acceptors (Lipinski definition) is 4. The van der Waals surface area contributed by atoms with E-state index in [0.717, 1.165) is 24.5 Å². The van der Waals surface area contributed by atoms with Crippen molar-refractivity contribution in [3.63, 3.8) is 0 Å². The topological polar surface area (TPSA) is 42.0 Å². The molecule has 5 nitrogen and oxygen atoms in total. The third-order valence-electron chi connectivity index (χ3n) is 5.17. The molecule has 26 heavy (non-hydrogen) atoms. The number of para-hydroxylation sites is 3. The minimum absolute atomic E-state index is 0.101. The number of fused-ring (bicyclic) bond motifs is 2. The number of anilines is 1. The first-order chi connectivity index (χ1) is 12.6. The van der Waals surface area contributed by atoms with Gasteiger partial charge in [0.2, 0.25) is 5.91 Å². The first kappa shape index (κ1) is 16.8. The molecule has 0 aromatic heterocycles. The van der Waals surface area contributed by atoms with E-state index < -0.39 is 0 Å². The summed E-state index contributed by atoms with van der Waals surface area (Å²) in [5, 5.41) is 0. The van der Waals surface area contributed by atoms with Crippen LogP contribution in [0.1, 0.15) is 12.5 Å². The molecule has 4 rings (SSSR count). The average molecular weight is 352 g/mol. The van der Waals surface area contributed by atoms with Crippen molar-refractivity contribution in [2.75, 3.05) is 31.6 Å². The van der Waals surface area contributed by atoms with E-state index in [-0.39, 0.29) is 18.1 Å². The maximum Gasteiger partial charge on any atom is 0.244 e. The molecular formula is C21H24N2O3. The molecule has 0 radical (unpaired) electrons. The summed E-state index contributed by atoms with van der Waals surface area (Å²) in [6.07, 6.45) is 0.838. The lowest BCUT2D eigenvalue weighted by molar-refractivity contribution is -0.132. The molecule has 0 saturated heterocycles. The standard InChI is InChI=1S/C21H24N2O3/c1-15(23-12-11-16-7-3-4-8-18(16)23)21(24)22(2)13-17-14-25-19-9-5-6-10-20(19)26-17/h3-10,15,17H,11-14H2,1-2H3. The van der Waals surface area contributed by atoms with Crippen molar-refractivity contribution >= 4 is 11.6 Å². The van der Waals surface area contributed by atoms with Crippen LogP contribution < -0.4 is 14.4 Å². The Morgan fingerprint density at radius 3 is 2.77 bits per heavy atom. The third kappa shape index (κ3) is 3.09. The number of carbonyl (C=O) groups is 1. The molecule has 0 fully saturated rings. The number of ether oxygens (including phenoxy) is 2. The zero-order valence-electron chi connectivity index (χ0n) is 15.2. The van der Waals surface area contributed by atoms with E-state index in [2.05, 4.69) is 23.1 Å². The molecule has 0 spiro atoms. The Kier molecular flexibility index (Phi) is 4.45. The fraction of sp³-hybridized carbons (Fsp3) is 0.381. The first-order valence-corrected chi connectivity index (χ1v) is 9.11. The zero-order valence-corrected chi connectivity index (χ0v) is 15.2. The molecule has 2 heterocycles. The van der Waals surface area contributed by atoms with Gasteiger partial charge in [0.05, 0.1) is 6.54 Å². The molecule has 1 amide bonds. The quantitative estimate of drug-likeness (QED) is 0.849. The van der Waals surface area contributed by atoms with Gasteiger partial charge in [-0.3, -0.25) is 4.79 Å². The molecule has 136 valence electrons. The largest absolute Gasteiger partial charge is 0.486 e. The van der Waals surface area contributed by atoms with Gasteiger partial charge in [-0.05, 0) is 37.1 Å². The molecule has 2 unspecified atom stereocenters. The summed E-state index contributed by atoms with van der Waals surface area (Å²) < 4.78 is 11.7. The summed E-state index contributed by atoms with van der Waals surface area (Å²) in [7, 11) is 1.84. The fourth-order valence-electron chi connectivity index (χ4n) is 3.77. The number of likely N-dealkylation sites (N-methyl/N-ethyl adjacent to an activating group) is 1. The van der Waals surface area contributed by atoms with Gasteiger partial charge in [-0.15, -0.1) is 0 Å². The Labute approximate surface area is 154 Å². The van der Waals surface area contributed by atoms with Crippen LogP contribution in [0.5, 0.6) is 11.5 Å². The highest BCUT2D eigenvalue weighted by molar-refractivity contribution is 5.85. The number of amides is 1. The van der Waals surface area contributed by atoms with Crippen LogP contribution >= 0.6 is 0 Å². The molecule has 0 bridgehead atoms. The smallest absolute Gasteiger partial charge is 0.244 e. The number of hydrogen-bond donors (Lipinski definition) is 0. The van der Waals surface area contributed by atoms with Crippen LogP contribution in [0.4, 0.5) is 5.69 Å². The lowest BCUT2D eigenvalue weighted by Crippen LogP contribution is -2.49. The van der Waals surface area contributed by atoms with Gasteiger partial charge < -0.3 is 19.3 Å². The molecule has 5 heteroatoms. The number of nitrogens with zero attached hydrogens (tertiary/aromatic N) is 2. The van der Waals surface area contributed by atoms with Gasteiger partial charge in [-0.25, -0.2) is 0 Å². The third-order valence-corrected chi connectivity index (χ3v) is 5.17. The number of carbonyl (C=O) groups excluding carboxylic acids is 1. The van der Waals surface area contributed by atoms with Gasteiger partial charge >= 0.3 is 0 Å². The summed E-state index contributed by atoms with van der Waals surface area (Å²) in [4.78, 5) is 16.9. The van der Waals surface area contributed by atoms with Crippen LogP contribution in [0, 0.1) is 0 Å². The molecule has 2 aliphatic heterocycles.